The number of hydrogen-bond acceptors (Lipinski definition) is 3. The number of aliphatic hydroxyl groups is 1. The third kappa shape index (κ3) is 3.84. The van der Waals surface area contributed by atoms with Crippen molar-refractivity contribution in [1.82, 2.24) is 4.90 Å². The van der Waals surface area contributed by atoms with Gasteiger partial charge in [0.05, 0.1) is 5.60 Å². The molecule has 2 unspecified atom stereocenters. The van der Waals surface area contributed by atoms with E-state index in [9.17, 15) is 9.90 Å². The van der Waals surface area contributed by atoms with Gasteiger partial charge in [0.2, 0.25) is 0 Å². The van der Waals surface area contributed by atoms with Crippen molar-refractivity contribution in [2.45, 2.75) is 69.1 Å². The van der Waals surface area contributed by atoms with E-state index in [4.69, 9.17) is 4.74 Å². The summed E-state index contributed by atoms with van der Waals surface area (Å²) >= 11 is 0. The Morgan fingerprint density at radius 1 is 0.914 bits per heavy atom. The fourth-order valence-electron chi connectivity index (χ4n) is 6.70. The molecule has 0 radical (unpaired) electrons. The van der Waals surface area contributed by atoms with Crippen LogP contribution in [0.5, 0.6) is 0 Å². The lowest BCUT2D eigenvalue weighted by Gasteiger charge is -2.43. The van der Waals surface area contributed by atoms with E-state index < -0.39 is 5.60 Å². The first-order chi connectivity index (χ1) is 17.1. The molecule has 0 aromatic heterocycles. The molecule has 2 bridgehead atoms. The Labute approximate surface area is 207 Å². The number of rotatable bonds is 5. The number of ether oxygens (including phenoxy) is 1. The normalized spacial score (nSPS) is 24.8. The summed E-state index contributed by atoms with van der Waals surface area (Å²) in [6.07, 6.45) is 4.92. The van der Waals surface area contributed by atoms with Crippen LogP contribution in [0.4, 0.5) is 4.79 Å². The summed E-state index contributed by atoms with van der Waals surface area (Å²) in [5, 5.41) is 11.6. The molecule has 2 atom stereocenters. The van der Waals surface area contributed by atoms with Crippen molar-refractivity contribution < 1.29 is 14.6 Å². The number of hydrogen-bond donors (Lipinski definition) is 1. The maximum atomic E-state index is 13.3. The monoisotopic (exact) mass is 467 g/mol. The number of amides is 1. The summed E-state index contributed by atoms with van der Waals surface area (Å²) in [4.78, 5) is 15.2. The summed E-state index contributed by atoms with van der Waals surface area (Å²) < 4.78 is 5.98. The minimum absolute atomic E-state index is 0.0183. The van der Waals surface area contributed by atoms with Crippen molar-refractivity contribution in [2.75, 3.05) is 6.61 Å². The van der Waals surface area contributed by atoms with E-state index in [0.717, 1.165) is 31.2 Å². The molecule has 0 spiro atoms. The standard InChI is InChI=1S/C31H33NO3/c1-2-7-21-12-14-22(15-13-21)31(34)18-23-16-17-24(19-31)32(23)30(33)35-20-29-27-10-5-3-8-25(27)26-9-4-6-11-28(26)29/h3-6,8-15,23-24,29,34H,2,7,16-20H2,1H3. The molecule has 180 valence electrons. The van der Waals surface area contributed by atoms with Crippen LogP contribution in [-0.2, 0) is 16.8 Å². The number of carbonyl (C=O) groups is 1. The van der Waals surface area contributed by atoms with Gasteiger partial charge >= 0.3 is 6.09 Å². The van der Waals surface area contributed by atoms with Gasteiger partial charge in [-0.3, -0.25) is 0 Å². The molecule has 3 aliphatic rings. The molecule has 2 aliphatic heterocycles. The molecule has 6 rings (SSSR count). The number of carbonyl (C=O) groups excluding carboxylic acids is 1. The average molecular weight is 468 g/mol. The lowest BCUT2D eigenvalue weighted by atomic mass is 9.80. The van der Waals surface area contributed by atoms with E-state index in [1.54, 1.807) is 0 Å². The summed E-state index contributed by atoms with van der Waals surface area (Å²) in [6.45, 7) is 2.52. The lowest BCUT2D eigenvalue weighted by molar-refractivity contribution is -0.0531. The highest BCUT2D eigenvalue weighted by atomic mass is 16.6. The van der Waals surface area contributed by atoms with E-state index in [1.807, 2.05) is 4.90 Å². The van der Waals surface area contributed by atoms with Crippen LogP contribution in [0.3, 0.4) is 0 Å². The smallest absolute Gasteiger partial charge is 0.410 e. The highest BCUT2D eigenvalue weighted by Gasteiger charge is 2.50. The van der Waals surface area contributed by atoms with Crippen LogP contribution in [0.2, 0.25) is 0 Å². The minimum atomic E-state index is -0.878. The highest BCUT2D eigenvalue weighted by molar-refractivity contribution is 5.79. The molecule has 3 aromatic carbocycles. The molecule has 1 aliphatic carbocycles. The third-order valence-corrected chi connectivity index (χ3v) is 8.34. The van der Waals surface area contributed by atoms with Crippen molar-refractivity contribution in [3.8, 4) is 11.1 Å². The number of aryl methyl sites for hydroxylation is 1. The predicted octanol–water partition coefficient (Wildman–Crippen LogP) is 6.40. The van der Waals surface area contributed by atoms with Gasteiger partial charge in [-0.05, 0) is 52.6 Å². The average Bonchev–Trinajstić information content (AvgIpc) is 3.35. The van der Waals surface area contributed by atoms with Gasteiger partial charge in [0.25, 0.3) is 0 Å². The fraction of sp³-hybridized carbons (Fsp3) is 0.387. The Hall–Kier alpha value is -3.11. The maximum Gasteiger partial charge on any atom is 0.410 e. The Morgan fingerprint density at radius 3 is 2.06 bits per heavy atom. The van der Waals surface area contributed by atoms with Gasteiger partial charge in [0, 0.05) is 30.8 Å². The predicted molar refractivity (Wildman–Crippen MR) is 137 cm³/mol. The fourth-order valence-corrected chi connectivity index (χ4v) is 6.70. The van der Waals surface area contributed by atoms with Crippen molar-refractivity contribution >= 4 is 6.09 Å². The Morgan fingerprint density at radius 2 is 1.49 bits per heavy atom. The number of piperidine rings is 1. The van der Waals surface area contributed by atoms with Crippen LogP contribution in [0.1, 0.15) is 67.2 Å². The van der Waals surface area contributed by atoms with Gasteiger partial charge in [-0.2, -0.15) is 0 Å². The molecule has 2 fully saturated rings. The molecule has 35 heavy (non-hydrogen) atoms. The molecule has 2 heterocycles. The van der Waals surface area contributed by atoms with Crippen LogP contribution >= 0.6 is 0 Å². The van der Waals surface area contributed by atoms with E-state index >= 15 is 0 Å². The second-order valence-corrected chi connectivity index (χ2v) is 10.5. The van der Waals surface area contributed by atoms with Crippen LogP contribution in [0.15, 0.2) is 72.8 Å². The molecule has 1 amide bonds. The van der Waals surface area contributed by atoms with E-state index in [-0.39, 0.29) is 24.1 Å². The van der Waals surface area contributed by atoms with Crippen LogP contribution in [0.25, 0.3) is 11.1 Å². The lowest BCUT2D eigenvalue weighted by Crippen LogP contribution is -2.52. The van der Waals surface area contributed by atoms with E-state index in [2.05, 4.69) is 79.7 Å². The van der Waals surface area contributed by atoms with Crippen LogP contribution in [0, 0.1) is 0 Å². The maximum absolute atomic E-state index is 13.3. The highest BCUT2D eigenvalue weighted by Crippen LogP contribution is 2.47. The molecule has 2 saturated heterocycles. The molecule has 4 heteroatoms. The van der Waals surface area contributed by atoms with Gasteiger partial charge in [0.15, 0.2) is 0 Å². The first-order valence-electron chi connectivity index (χ1n) is 13.0. The zero-order valence-electron chi connectivity index (χ0n) is 20.3. The van der Waals surface area contributed by atoms with E-state index in [0.29, 0.717) is 19.4 Å². The van der Waals surface area contributed by atoms with Gasteiger partial charge in [0.1, 0.15) is 6.61 Å². The first kappa shape index (κ1) is 22.4. The number of fused-ring (bicyclic) bond motifs is 5. The summed E-state index contributed by atoms with van der Waals surface area (Å²) in [5.41, 5.74) is 6.32. The minimum Gasteiger partial charge on any atom is -0.448 e. The summed E-state index contributed by atoms with van der Waals surface area (Å²) in [7, 11) is 0. The molecule has 3 aromatic rings. The molecular weight excluding hydrogens is 434 g/mol. The largest absolute Gasteiger partial charge is 0.448 e. The van der Waals surface area contributed by atoms with E-state index in [1.165, 1.54) is 27.8 Å². The van der Waals surface area contributed by atoms with Gasteiger partial charge in [-0.25, -0.2) is 4.79 Å². The zero-order valence-corrected chi connectivity index (χ0v) is 20.3. The topological polar surface area (TPSA) is 49.8 Å². The second-order valence-electron chi connectivity index (χ2n) is 10.5. The number of nitrogens with zero attached hydrogens (tertiary/aromatic N) is 1. The first-order valence-corrected chi connectivity index (χ1v) is 13.0. The van der Waals surface area contributed by atoms with Gasteiger partial charge < -0.3 is 14.7 Å². The molecule has 1 N–H and O–H groups in total. The van der Waals surface area contributed by atoms with Gasteiger partial charge in [-0.1, -0.05) is 86.1 Å². The summed E-state index contributed by atoms with van der Waals surface area (Å²) in [5.74, 6) is 0.0624. The van der Waals surface area contributed by atoms with Crippen molar-refractivity contribution in [3.05, 3.63) is 95.1 Å². The van der Waals surface area contributed by atoms with Crippen LogP contribution in [-0.4, -0.2) is 34.8 Å². The van der Waals surface area contributed by atoms with Crippen molar-refractivity contribution in [3.63, 3.8) is 0 Å². The van der Waals surface area contributed by atoms with Gasteiger partial charge in [-0.15, -0.1) is 0 Å². The van der Waals surface area contributed by atoms with Crippen LogP contribution < -0.4 is 0 Å². The second kappa shape index (κ2) is 8.83. The summed E-state index contributed by atoms with van der Waals surface area (Å²) in [6, 6.07) is 25.3. The Balaban J connectivity index is 1.16. The quantitative estimate of drug-likeness (QED) is 0.472. The third-order valence-electron chi connectivity index (χ3n) is 8.34. The molecule has 4 nitrogen and oxygen atoms in total. The number of benzene rings is 3. The Kier molecular flexibility index (Phi) is 5.64. The molecule has 0 saturated carbocycles. The Bertz CT molecular complexity index is 1170. The van der Waals surface area contributed by atoms with Crippen molar-refractivity contribution in [2.24, 2.45) is 0 Å². The van der Waals surface area contributed by atoms with Crippen molar-refractivity contribution in [1.29, 1.82) is 0 Å². The zero-order chi connectivity index (χ0) is 24.0. The molecular formula is C31H33NO3. The SMILES string of the molecule is CCCc1ccc(C2(O)CC3CCC(C2)N3C(=O)OCC2c3ccccc3-c3ccccc32)cc1.